The number of anilines is 1. The number of aryl methyl sites for hydroxylation is 1. The van der Waals surface area contributed by atoms with Crippen LogP contribution in [-0.2, 0) is 9.53 Å². The van der Waals surface area contributed by atoms with E-state index in [2.05, 4.69) is 10.3 Å². The number of hydrogen-bond donors (Lipinski definition) is 2. The smallest absolute Gasteiger partial charge is 0.339 e. The Balaban J connectivity index is 2.16. The number of Topliss-reactive ketones (excluding diaryl/α,β-unsaturated/α-hetero) is 1. The van der Waals surface area contributed by atoms with Crippen molar-refractivity contribution >= 4 is 23.3 Å². The number of rotatable bonds is 9. The highest BCUT2D eigenvalue weighted by Crippen LogP contribution is 2.24. The molecule has 2 N–H and O–H groups in total. The van der Waals surface area contributed by atoms with Crippen LogP contribution in [0, 0.1) is 13.8 Å². The molecule has 8 heteroatoms. The molecular weight excluding hydrogens is 386 g/mol. The number of aromatic nitrogens is 1. The van der Waals surface area contributed by atoms with Gasteiger partial charge in [-0.2, -0.15) is 0 Å². The van der Waals surface area contributed by atoms with Crippen LogP contribution in [0.25, 0.3) is 0 Å². The third-order valence-electron chi connectivity index (χ3n) is 5.13. The monoisotopic (exact) mass is 415 g/mol. The zero-order valence-corrected chi connectivity index (χ0v) is 18.3. The zero-order valence-electron chi connectivity index (χ0n) is 18.3. The molecule has 1 amide bonds. The summed E-state index contributed by atoms with van der Waals surface area (Å²) in [6.07, 6.45) is 0. The quantitative estimate of drug-likeness (QED) is 0.482. The van der Waals surface area contributed by atoms with Gasteiger partial charge < -0.3 is 19.8 Å². The highest BCUT2D eigenvalue weighted by Gasteiger charge is 2.29. The number of nitrogens with zero attached hydrogens (tertiary/aromatic N) is 1. The first-order chi connectivity index (χ1) is 14.2. The van der Waals surface area contributed by atoms with E-state index < -0.39 is 12.0 Å². The number of para-hydroxylation sites is 2. The molecule has 162 valence electrons. The summed E-state index contributed by atoms with van der Waals surface area (Å²) in [5.74, 6) is -0.379. The molecule has 1 heterocycles. The van der Waals surface area contributed by atoms with Gasteiger partial charge in [0.05, 0.1) is 43.8 Å². The lowest BCUT2D eigenvalue weighted by molar-refractivity contribution is -0.117. The summed E-state index contributed by atoms with van der Waals surface area (Å²) in [7, 11) is 2.84. The Morgan fingerprint density at radius 3 is 2.43 bits per heavy atom. The van der Waals surface area contributed by atoms with Crippen molar-refractivity contribution in [2.45, 2.75) is 33.7 Å². The Labute approximate surface area is 176 Å². The van der Waals surface area contributed by atoms with Crippen molar-refractivity contribution in [3.63, 3.8) is 0 Å². The number of benzene rings is 1. The standard InChI is InChI=1S/C22H29N3O5/c1-7-25(12-18(26)24-16-10-8-9-11-17(16)29-5)15(4)21(27)20-13(2)19(14(3)23-20)22(28)30-6/h8-11,15,23H,7,12H2,1-6H3,(H,24,26)/t15-/m0/s1. The molecule has 1 aromatic carbocycles. The first-order valence-corrected chi connectivity index (χ1v) is 9.73. The van der Waals surface area contributed by atoms with Crippen molar-refractivity contribution < 1.29 is 23.9 Å². The van der Waals surface area contributed by atoms with Gasteiger partial charge in [-0.1, -0.05) is 19.1 Å². The molecule has 0 fully saturated rings. The number of H-pyrrole nitrogens is 1. The van der Waals surface area contributed by atoms with Crippen molar-refractivity contribution in [3.8, 4) is 5.75 Å². The Kier molecular flexibility index (Phi) is 7.77. The van der Waals surface area contributed by atoms with Crippen LogP contribution in [-0.4, -0.2) is 60.9 Å². The van der Waals surface area contributed by atoms with Crippen molar-refractivity contribution in [2.24, 2.45) is 0 Å². The Morgan fingerprint density at radius 2 is 1.83 bits per heavy atom. The van der Waals surface area contributed by atoms with E-state index in [1.54, 1.807) is 43.9 Å². The van der Waals surface area contributed by atoms with E-state index in [-0.39, 0.29) is 18.2 Å². The summed E-state index contributed by atoms with van der Waals surface area (Å²) in [6, 6.07) is 6.56. The summed E-state index contributed by atoms with van der Waals surface area (Å²) in [5.41, 5.74) is 2.41. The largest absolute Gasteiger partial charge is 0.495 e. The molecule has 30 heavy (non-hydrogen) atoms. The Morgan fingerprint density at radius 1 is 1.17 bits per heavy atom. The first kappa shape index (κ1) is 23.2. The van der Waals surface area contributed by atoms with Crippen molar-refractivity contribution in [1.82, 2.24) is 9.88 Å². The minimum Gasteiger partial charge on any atom is -0.495 e. The SMILES string of the molecule is CCN(CC(=O)Nc1ccccc1OC)[C@@H](C)C(=O)c1[nH]c(C)c(C(=O)OC)c1C. The molecule has 2 rings (SSSR count). The molecule has 0 saturated carbocycles. The summed E-state index contributed by atoms with van der Waals surface area (Å²) >= 11 is 0. The fourth-order valence-corrected chi connectivity index (χ4v) is 3.42. The maximum Gasteiger partial charge on any atom is 0.339 e. The third kappa shape index (κ3) is 4.88. The van der Waals surface area contributed by atoms with Crippen LogP contribution >= 0.6 is 0 Å². The summed E-state index contributed by atoms with van der Waals surface area (Å²) in [5, 5.41) is 2.82. The number of ether oxygens (including phenoxy) is 2. The normalized spacial score (nSPS) is 11.8. The van der Waals surface area contributed by atoms with Crippen LogP contribution in [0.5, 0.6) is 5.75 Å². The third-order valence-corrected chi connectivity index (χ3v) is 5.13. The molecule has 0 aliphatic rings. The number of amides is 1. The molecule has 0 spiro atoms. The molecule has 0 aliphatic carbocycles. The number of ketones is 1. The molecule has 1 atom stereocenters. The summed E-state index contributed by atoms with van der Waals surface area (Å²) in [4.78, 5) is 42.4. The highest BCUT2D eigenvalue weighted by atomic mass is 16.5. The van der Waals surface area contributed by atoms with Crippen LogP contribution in [0.3, 0.4) is 0 Å². The van der Waals surface area contributed by atoms with Gasteiger partial charge in [0.2, 0.25) is 5.91 Å². The molecule has 0 radical (unpaired) electrons. The second kappa shape index (κ2) is 10.1. The van der Waals surface area contributed by atoms with Gasteiger partial charge >= 0.3 is 5.97 Å². The van der Waals surface area contributed by atoms with E-state index in [1.165, 1.54) is 14.2 Å². The van der Waals surface area contributed by atoms with Crippen LogP contribution < -0.4 is 10.1 Å². The van der Waals surface area contributed by atoms with E-state index in [0.29, 0.717) is 40.5 Å². The predicted octanol–water partition coefficient (Wildman–Crippen LogP) is 2.96. The summed E-state index contributed by atoms with van der Waals surface area (Å²) in [6.45, 7) is 7.58. The van der Waals surface area contributed by atoms with Crippen LogP contribution in [0.2, 0.25) is 0 Å². The average Bonchev–Trinajstić information content (AvgIpc) is 3.04. The molecule has 0 saturated heterocycles. The van der Waals surface area contributed by atoms with Gasteiger partial charge in [-0.05, 0) is 45.0 Å². The van der Waals surface area contributed by atoms with Crippen LogP contribution in [0.15, 0.2) is 24.3 Å². The lowest BCUT2D eigenvalue weighted by atomic mass is 10.0. The fourth-order valence-electron chi connectivity index (χ4n) is 3.42. The van der Waals surface area contributed by atoms with Crippen molar-refractivity contribution in [3.05, 3.63) is 46.8 Å². The van der Waals surface area contributed by atoms with Crippen LogP contribution in [0.1, 0.15) is 46.0 Å². The lowest BCUT2D eigenvalue weighted by Gasteiger charge is -2.26. The number of carbonyl (C=O) groups excluding carboxylic acids is 3. The number of hydrogen-bond acceptors (Lipinski definition) is 6. The number of likely N-dealkylation sites (N-methyl/N-ethyl adjacent to an activating group) is 1. The van der Waals surface area contributed by atoms with Gasteiger partial charge in [0.1, 0.15) is 5.75 Å². The van der Waals surface area contributed by atoms with Gasteiger partial charge in [0, 0.05) is 5.69 Å². The first-order valence-electron chi connectivity index (χ1n) is 9.73. The Bertz CT molecular complexity index is 935. The predicted molar refractivity (Wildman–Crippen MR) is 114 cm³/mol. The molecule has 8 nitrogen and oxygen atoms in total. The van der Waals surface area contributed by atoms with E-state index in [4.69, 9.17) is 9.47 Å². The Hall–Kier alpha value is -3.13. The molecule has 0 aliphatic heterocycles. The minimum atomic E-state index is -0.569. The molecular formula is C22H29N3O5. The molecule has 1 aromatic heterocycles. The van der Waals surface area contributed by atoms with Gasteiger partial charge in [0.15, 0.2) is 5.78 Å². The van der Waals surface area contributed by atoms with E-state index in [0.717, 1.165) is 0 Å². The van der Waals surface area contributed by atoms with E-state index >= 15 is 0 Å². The van der Waals surface area contributed by atoms with Gasteiger partial charge in [-0.25, -0.2) is 4.79 Å². The maximum absolute atomic E-state index is 13.1. The maximum atomic E-state index is 13.1. The minimum absolute atomic E-state index is 0.0318. The number of aromatic amines is 1. The van der Waals surface area contributed by atoms with E-state index in [9.17, 15) is 14.4 Å². The second-order valence-corrected chi connectivity index (χ2v) is 6.97. The summed E-state index contributed by atoms with van der Waals surface area (Å²) < 4.78 is 10.1. The number of carbonyl (C=O) groups is 3. The number of nitrogens with one attached hydrogen (secondary N) is 2. The van der Waals surface area contributed by atoms with Gasteiger partial charge in [-0.15, -0.1) is 0 Å². The zero-order chi connectivity index (χ0) is 22.4. The second-order valence-electron chi connectivity index (χ2n) is 6.97. The average molecular weight is 415 g/mol. The topological polar surface area (TPSA) is 101 Å². The molecule has 0 bridgehead atoms. The molecule has 2 aromatic rings. The molecule has 0 unspecified atom stereocenters. The highest BCUT2D eigenvalue weighted by molar-refractivity contribution is 6.04. The van der Waals surface area contributed by atoms with Crippen LogP contribution in [0.4, 0.5) is 5.69 Å². The lowest BCUT2D eigenvalue weighted by Crippen LogP contribution is -2.43. The van der Waals surface area contributed by atoms with Crippen molar-refractivity contribution in [2.75, 3.05) is 32.6 Å². The van der Waals surface area contributed by atoms with E-state index in [1.807, 2.05) is 13.0 Å². The number of esters is 1. The van der Waals surface area contributed by atoms with Gasteiger partial charge in [0.25, 0.3) is 0 Å². The van der Waals surface area contributed by atoms with Crippen molar-refractivity contribution in [1.29, 1.82) is 0 Å². The number of methoxy groups -OCH3 is 2. The van der Waals surface area contributed by atoms with Gasteiger partial charge in [-0.3, -0.25) is 14.5 Å². The fraction of sp³-hybridized carbons (Fsp3) is 0.409.